The molecule has 1 heterocycles. The molecule has 0 bridgehead atoms. The molecule has 0 radical (unpaired) electrons. The van der Waals surface area contributed by atoms with Crippen LogP contribution in [0.15, 0.2) is 0 Å². The monoisotopic (exact) mass is 306 g/mol. The number of nitrogen functional groups attached to an aromatic ring is 1. The predicted octanol–water partition coefficient (Wildman–Crippen LogP) is 2.27. The molecule has 1 aromatic heterocycles. The first kappa shape index (κ1) is 16.1. The fourth-order valence-electron chi connectivity index (χ4n) is 1.36. The van der Waals surface area contributed by atoms with Crippen LogP contribution in [0, 0.1) is 11.3 Å². The summed E-state index contributed by atoms with van der Waals surface area (Å²) in [5.74, 6) is -0.395. The first-order valence-electron chi connectivity index (χ1n) is 5.52. The third-order valence-corrected chi connectivity index (χ3v) is 3.50. The summed E-state index contributed by atoms with van der Waals surface area (Å²) in [6.45, 7) is -0.381. The molecule has 0 aromatic carbocycles. The number of halogens is 3. The van der Waals surface area contributed by atoms with E-state index in [2.05, 4.69) is 5.32 Å². The van der Waals surface area contributed by atoms with E-state index < -0.39 is 18.5 Å². The molecule has 3 N–H and O–H groups in total. The Morgan fingerprint density at radius 1 is 1.50 bits per heavy atom. The molecule has 0 atom stereocenters. The number of nitrogens with two attached hydrogens (primary N) is 1. The summed E-state index contributed by atoms with van der Waals surface area (Å²) in [4.78, 5) is 13.2. The largest absolute Gasteiger partial charge is 0.396 e. The Labute approximate surface area is 117 Å². The number of thiophene rings is 1. The lowest BCUT2D eigenvalue weighted by Crippen LogP contribution is -2.21. The van der Waals surface area contributed by atoms with Crippen molar-refractivity contribution in [2.24, 2.45) is 0 Å². The van der Waals surface area contributed by atoms with E-state index in [1.807, 2.05) is 0 Å². The maximum Gasteiger partial charge on any atom is 0.390 e. The lowest BCUT2D eigenvalue weighted by atomic mass is 10.2. The van der Waals surface area contributed by atoms with Gasteiger partial charge in [-0.3, -0.25) is 4.79 Å². The normalized spacial score (nSPS) is 11.0. The molecule has 0 saturated carbocycles. The molecular weight excluding hydrogens is 293 g/mol. The summed E-state index contributed by atoms with van der Waals surface area (Å²) in [5, 5.41) is 11.7. The van der Waals surface area contributed by atoms with Crippen LogP contribution in [-0.4, -0.2) is 37.6 Å². The van der Waals surface area contributed by atoms with Gasteiger partial charge in [-0.15, -0.1) is 11.3 Å². The molecule has 9 heteroatoms. The van der Waals surface area contributed by atoms with E-state index in [1.54, 1.807) is 6.07 Å². The van der Waals surface area contributed by atoms with Crippen LogP contribution in [0.25, 0.3) is 0 Å². The highest BCUT2D eigenvalue weighted by molar-refractivity contribution is 7.18. The third kappa shape index (κ3) is 3.77. The summed E-state index contributed by atoms with van der Waals surface area (Å²) >= 11 is 0.881. The topological polar surface area (TPSA) is 82.2 Å². The van der Waals surface area contributed by atoms with Crippen LogP contribution in [0.5, 0.6) is 0 Å². The van der Waals surface area contributed by atoms with Gasteiger partial charge in [-0.05, 0) is 0 Å². The van der Waals surface area contributed by atoms with Crippen LogP contribution >= 0.6 is 11.3 Å². The van der Waals surface area contributed by atoms with Crippen LogP contribution in [0.3, 0.4) is 0 Å². The van der Waals surface area contributed by atoms with Gasteiger partial charge in [0.05, 0.1) is 12.1 Å². The number of amides is 1. The Hall–Kier alpha value is -1.95. The summed E-state index contributed by atoms with van der Waals surface area (Å²) < 4.78 is 36.2. The Morgan fingerprint density at radius 3 is 2.55 bits per heavy atom. The number of carbonyl (C=O) groups is 1. The molecule has 0 saturated heterocycles. The highest BCUT2D eigenvalue weighted by Crippen LogP contribution is 2.36. The van der Waals surface area contributed by atoms with Crippen molar-refractivity contribution in [1.82, 2.24) is 4.90 Å². The van der Waals surface area contributed by atoms with E-state index in [-0.39, 0.29) is 27.7 Å². The van der Waals surface area contributed by atoms with Crippen LogP contribution in [0.2, 0.25) is 0 Å². The van der Waals surface area contributed by atoms with E-state index in [0.29, 0.717) is 0 Å². The van der Waals surface area contributed by atoms with E-state index in [0.717, 1.165) is 11.3 Å². The van der Waals surface area contributed by atoms with Crippen molar-refractivity contribution in [1.29, 1.82) is 5.26 Å². The number of rotatable bonds is 4. The minimum atomic E-state index is -4.29. The molecule has 0 aliphatic heterocycles. The Kier molecular flexibility index (Phi) is 4.83. The minimum Gasteiger partial charge on any atom is -0.396 e. The van der Waals surface area contributed by atoms with Crippen molar-refractivity contribution in [3.05, 3.63) is 10.4 Å². The molecular formula is C11H13F3N4OS. The molecule has 1 aromatic rings. The zero-order valence-corrected chi connectivity index (χ0v) is 11.7. The standard InChI is InChI=1S/C11H13F3N4OS/c1-18(2)10(19)8-7(16)6(5-15)9(20-8)17-4-3-11(12,13)14/h17H,3-4,16H2,1-2H3. The number of anilines is 2. The summed E-state index contributed by atoms with van der Waals surface area (Å²) in [5.41, 5.74) is 5.68. The average molecular weight is 306 g/mol. The quantitative estimate of drug-likeness (QED) is 0.894. The van der Waals surface area contributed by atoms with E-state index >= 15 is 0 Å². The second-order valence-electron chi connectivity index (χ2n) is 4.15. The number of nitrogens with zero attached hydrogens (tertiary/aromatic N) is 2. The zero-order chi connectivity index (χ0) is 15.5. The number of alkyl halides is 3. The second kappa shape index (κ2) is 6.00. The number of nitriles is 1. The molecule has 0 aliphatic rings. The van der Waals surface area contributed by atoms with Crippen molar-refractivity contribution in [2.45, 2.75) is 12.6 Å². The lowest BCUT2D eigenvalue weighted by Gasteiger charge is -2.08. The number of hydrogen-bond acceptors (Lipinski definition) is 5. The lowest BCUT2D eigenvalue weighted by molar-refractivity contribution is -0.131. The van der Waals surface area contributed by atoms with Crippen LogP contribution in [-0.2, 0) is 0 Å². The third-order valence-electron chi connectivity index (χ3n) is 2.35. The maximum atomic E-state index is 12.1. The summed E-state index contributed by atoms with van der Waals surface area (Å²) in [6, 6.07) is 1.80. The van der Waals surface area contributed by atoms with Gasteiger partial charge in [-0.1, -0.05) is 0 Å². The molecule has 1 rings (SSSR count). The van der Waals surface area contributed by atoms with Crippen LogP contribution in [0.4, 0.5) is 23.9 Å². The second-order valence-corrected chi connectivity index (χ2v) is 5.17. The van der Waals surface area contributed by atoms with Gasteiger partial charge in [0.15, 0.2) is 0 Å². The predicted molar refractivity (Wildman–Crippen MR) is 70.6 cm³/mol. The fraction of sp³-hybridized carbons (Fsp3) is 0.455. The van der Waals surface area contributed by atoms with E-state index in [9.17, 15) is 18.0 Å². The summed E-state index contributed by atoms with van der Waals surface area (Å²) in [7, 11) is 3.04. The van der Waals surface area contributed by atoms with Gasteiger partial charge in [-0.2, -0.15) is 18.4 Å². The molecule has 110 valence electrons. The van der Waals surface area contributed by atoms with Crippen molar-refractivity contribution in [3.63, 3.8) is 0 Å². The van der Waals surface area contributed by atoms with Gasteiger partial charge in [0.25, 0.3) is 5.91 Å². The van der Waals surface area contributed by atoms with Gasteiger partial charge in [0, 0.05) is 20.6 Å². The zero-order valence-electron chi connectivity index (χ0n) is 10.8. The maximum absolute atomic E-state index is 12.1. The van der Waals surface area contributed by atoms with Gasteiger partial charge in [0.1, 0.15) is 21.5 Å². The average Bonchev–Trinajstić information content (AvgIpc) is 2.63. The minimum absolute atomic E-state index is 0.00220. The summed E-state index contributed by atoms with van der Waals surface area (Å²) in [6.07, 6.45) is -5.32. The molecule has 20 heavy (non-hydrogen) atoms. The van der Waals surface area contributed by atoms with E-state index in [1.165, 1.54) is 19.0 Å². The molecule has 0 spiro atoms. The van der Waals surface area contributed by atoms with Gasteiger partial charge in [-0.25, -0.2) is 0 Å². The smallest absolute Gasteiger partial charge is 0.390 e. The van der Waals surface area contributed by atoms with Crippen LogP contribution in [0.1, 0.15) is 21.7 Å². The first-order valence-corrected chi connectivity index (χ1v) is 6.33. The Balaban J connectivity index is 2.95. The van der Waals surface area contributed by atoms with Crippen molar-refractivity contribution in [3.8, 4) is 6.07 Å². The first-order chi connectivity index (χ1) is 9.17. The highest BCUT2D eigenvalue weighted by atomic mass is 32.1. The van der Waals surface area contributed by atoms with Gasteiger partial charge in [0.2, 0.25) is 0 Å². The number of nitrogens with one attached hydrogen (secondary N) is 1. The Bertz CT molecular complexity index is 545. The highest BCUT2D eigenvalue weighted by Gasteiger charge is 2.27. The van der Waals surface area contributed by atoms with Crippen LogP contribution < -0.4 is 11.1 Å². The van der Waals surface area contributed by atoms with Gasteiger partial charge < -0.3 is 16.0 Å². The Morgan fingerprint density at radius 2 is 2.10 bits per heavy atom. The van der Waals surface area contributed by atoms with Crippen molar-refractivity contribution >= 4 is 27.9 Å². The van der Waals surface area contributed by atoms with Crippen molar-refractivity contribution in [2.75, 3.05) is 31.7 Å². The van der Waals surface area contributed by atoms with Gasteiger partial charge >= 0.3 is 6.18 Å². The molecule has 5 nitrogen and oxygen atoms in total. The molecule has 0 fully saturated rings. The SMILES string of the molecule is CN(C)C(=O)c1sc(NCCC(F)(F)F)c(C#N)c1N. The number of hydrogen-bond donors (Lipinski definition) is 2. The van der Waals surface area contributed by atoms with Crippen molar-refractivity contribution < 1.29 is 18.0 Å². The number of carbonyl (C=O) groups excluding carboxylic acids is 1. The fourth-order valence-corrected chi connectivity index (χ4v) is 2.48. The molecule has 0 unspecified atom stereocenters. The van der Waals surface area contributed by atoms with E-state index in [4.69, 9.17) is 11.0 Å². The molecule has 1 amide bonds. The molecule has 0 aliphatic carbocycles.